The lowest BCUT2D eigenvalue weighted by Gasteiger charge is -2.44. The Kier molecular flexibility index (Phi) is 6.51. The third-order valence-electron chi connectivity index (χ3n) is 5.22. The average Bonchev–Trinajstić information content (AvgIpc) is 2.87. The molecule has 1 aliphatic carbocycles. The molecule has 1 aliphatic heterocycles. The van der Waals surface area contributed by atoms with Gasteiger partial charge in [0.1, 0.15) is 11.4 Å². The highest BCUT2D eigenvalue weighted by Crippen LogP contribution is 2.57. The summed E-state index contributed by atoms with van der Waals surface area (Å²) in [7, 11) is 1.73. The van der Waals surface area contributed by atoms with Crippen LogP contribution in [0.2, 0.25) is 0 Å². The molecule has 0 aromatic heterocycles. The zero-order valence-corrected chi connectivity index (χ0v) is 17.9. The van der Waals surface area contributed by atoms with Gasteiger partial charge < -0.3 is 15.2 Å². The van der Waals surface area contributed by atoms with Crippen LogP contribution in [0, 0.1) is 0 Å². The van der Waals surface area contributed by atoms with Crippen LogP contribution in [0.15, 0.2) is 27.7 Å². The van der Waals surface area contributed by atoms with Crippen molar-refractivity contribution in [2.45, 2.75) is 70.6 Å². The number of aliphatic imine (C=N–C) groups is 1. The van der Waals surface area contributed by atoms with Gasteiger partial charge in [0.15, 0.2) is 11.3 Å². The largest absolute Gasteiger partial charge is 0.483 e. The van der Waals surface area contributed by atoms with E-state index in [2.05, 4.69) is 20.9 Å². The second kappa shape index (κ2) is 8.09. The average molecular weight is 425 g/mol. The van der Waals surface area contributed by atoms with Gasteiger partial charge in [-0.2, -0.15) is 0 Å². The molecule has 26 heavy (non-hydrogen) atoms. The number of methoxy groups -OCH3 is 1. The fourth-order valence-electron chi connectivity index (χ4n) is 4.18. The smallest absolute Gasteiger partial charge is 0.188 e. The van der Waals surface area contributed by atoms with Gasteiger partial charge in [-0.15, -0.1) is 0 Å². The minimum absolute atomic E-state index is 0.0417. The number of ether oxygens (including phenoxy) is 2. The third-order valence-corrected chi connectivity index (χ3v) is 5.72. The Morgan fingerprint density at radius 2 is 1.92 bits per heavy atom. The standard InChI is InChI=1S/C18H23BrN2O3.C2H6/c1-11(22)18(21-12(2)20)15-10-13(19)4-5-16(15)24-17(18)8-6-14(23-3)7-9-17;1-2/h4-5,10,14H,6-9H2,1-3H3,(H2,20,21);1-2H3. The molecule has 144 valence electrons. The van der Waals surface area contributed by atoms with Gasteiger partial charge in [-0.05, 0) is 57.7 Å². The third kappa shape index (κ3) is 3.29. The molecule has 1 spiro atoms. The van der Waals surface area contributed by atoms with Crippen molar-refractivity contribution in [3.05, 3.63) is 28.2 Å². The lowest BCUT2D eigenvalue weighted by Crippen LogP contribution is -2.57. The number of Topliss-reactive ketones (excluding diaryl/α,β-unsaturated/α-hetero) is 1. The maximum atomic E-state index is 12.9. The number of halogens is 1. The minimum atomic E-state index is -1.09. The number of rotatable bonds is 3. The normalized spacial score (nSPS) is 30.2. The van der Waals surface area contributed by atoms with Crippen molar-refractivity contribution in [1.82, 2.24) is 0 Å². The van der Waals surface area contributed by atoms with Gasteiger partial charge in [0.2, 0.25) is 0 Å². The molecule has 0 amide bonds. The van der Waals surface area contributed by atoms with Crippen LogP contribution in [0.5, 0.6) is 5.75 Å². The van der Waals surface area contributed by atoms with Gasteiger partial charge in [0.05, 0.1) is 11.9 Å². The number of carbonyl (C=O) groups excluding carboxylic acids is 1. The second-order valence-electron chi connectivity index (χ2n) is 6.69. The van der Waals surface area contributed by atoms with Crippen molar-refractivity contribution in [2.24, 2.45) is 10.7 Å². The molecule has 1 atom stereocenters. The summed E-state index contributed by atoms with van der Waals surface area (Å²) in [5.41, 5.74) is 4.95. The van der Waals surface area contributed by atoms with Crippen LogP contribution < -0.4 is 10.5 Å². The van der Waals surface area contributed by atoms with Crippen molar-refractivity contribution < 1.29 is 14.3 Å². The van der Waals surface area contributed by atoms with E-state index in [1.165, 1.54) is 0 Å². The van der Waals surface area contributed by atoms with E-state index in [0.29, 0.717) is 24.4 Å². The summed E-state index contributed by atoms with van der Waals surface area (Å²) >= 11 is 3.50. The maximum Gasteiger partial charge on any atom is 0.188 e. The first kappa shape index (κ1) is 20.9. The number of hydrogen-bond donors (Lipinski definition) is 1. The Morgan fingerprint density at radius 1 is 1.31 bits per heavy atom. The van der Waals surface area contributed by atoms with Crippen LogP contribution in [0.1, 0.15) is 58.9 Å². The second-order valence-corrected chi connectivity index (χ2v) is 7.61. The van der Waals surface area contributed by atoms with E-state index >= 15 is 0 Å². The number of nitrogens with zero attached hydrogens (tertiary/aromatic N) is 1. The molecule has 1 aromatic carbocycles. The molecule has 2 N–H and O–H groups in total. The molecule has 2 aliphatic rings. The lowest BCUT2D eigenvalue weighted by atomic mass is 9.66. The molecular formula is C20H29BrN2O3. The summed E-state index contributed by atoms with van der Waals surface area (Å²) < 4.78 is 12.8. The molecule has 1 fully saturated rings. The Bertz CT molecular complexity index is 692. The summed E-state index contributed by atoms with van der Waals surface area (Å²) in [5.74, 6) is 1.06. The zero-order valence-electron chi connectivity index (χ0n) is 16.3. The van der Waals surface area contributed by atoms with Gasteiger partial charge in [-0.3, -0.25) is 4.79 Å². The van der Waals surface area contributed by atoms with E-state index in [1.54, 1.807) is 21.0 Å². The fourth-order valence-corrected chi connectivity index (χ4v) is 4.54. The topological polar surface area (TPSA) is 73.9 Å². The number of carbonyl (C=O) groups is 1. The van der Waals surface area contributed by atoms with E-state index in [9.17, 15) is 4.79 Å². The maximum absolute atomic E-state index is 12.9. The first-order chi connectivity index (χ1) is 12.3. The van der Waals surface area contributed by atoms with Crippen molar-refractivity contribution in [3.8, 4) is 5.75 Å². The number of fused-ring (bicyclic) bond motifs is 1. The molecule has 1 saturated carbocycles. The van der Waals surface area contributed by atoms with E-state index in [0.717, 1.165) is 22.9 Å². The number of amidine groups is 1. The summed E-state index contributed by atoms with van der Waals surface area (Å²) in [6.45, 7) is 7.30. The Morgan fingerprint density at radius 3 is 2.42 bits per heavy atom. The van der Waals surface area contributed by atoms with E-state index in [-0.39, 0.29) is 11.9 Å². The first-order valence-electron chi connectivity index (χ1n) is 9.19. The summed E-state index contributed by atoms with van der Waals surface area (Å²) in [6.07, 6.45) is 3.27. The number of hydrogen-bond acceptors (Lipinski definition) is 4. The lowest BCUT2D eigenvalue weighted by molar-refractivity contribution is -0.133. The van der Waals surface area contributed by atoms with Gasteiger partial charge in [-0.1, -0.05) is 29.8 Å². The molecule has 1 heterocycles. The number of benzene rings is 1. The molecule has 5 nitrogen and oxygen atoms in total. The minimum Gasteiger partial charge on any atom is -0.483 e. The van der Waals surface area contributed by atoms with E-state index in [1.807, 2.05) is 32.0 Å². The number of ketones is 1. The van der Waals surface area contributed by atoms with Gasteiger partial charge in [0.25, 0.3) is 0 Å². The fraction of sp³-hybridized carbons (Fsp3) is 0.600. The molecule has 0 saturated heterocycles. The highest BCUT2D eigenvalue weighted by molar-refractivity contribution is 9.10. The highest BCUT2D eigenvalue weighted by atomic mass is 79.9. The predicted molar refractivity (Wildman–Crippen MR) is 108 cm³/mol. The predicted octanol–water partition coefficient (Wildman–Crippen LogP) is 4.36. The van der Waals surface area contributed by atoms with Crippen LogP contribution in [0.3, 0.4) is 0 Å². The van der Waals surface area contributed by atoms with Crippen LogP contribution in [0.25, 0.3) is 0 Å². The van der Waals surface area contributed by atoms with E-state index in [4.69, 9.17) is 15.2 Å². The molecular weight excluding hydrogens is 396 g/mol. The molecule has 6 heteroatoms. The van der Waals surface area contributed by atoms with Crippen molar-refractivity contribution >= 4 is 27.5 Å². The van der Waals surface area contributed by atoms with Crippen molar-refractivity contribution in [2.75, 3.05) is 7.11 Å². The Balaban J connectivity index is 0.00000117. The van der Waals surface area contributed by atoms with Crippen molar-refractivity contribution in [3.63, 3.8) is 0 Å². The Hall–Kier alpha value is -1.40. The molecule has 1 aromatic rings. The first-order valence-corrected chi connectivity index (χ1v) is 9.99. The van der Waals surface area contributed by atoms with Crippen LogP contribution in [-0.4, -0.2) is 30.4 Å². The molecule has 1 unspecified atom stereocenters. The zero-order chi connectivity index (χ0) is 19.5. The van der Waals surface area contributed by atoms with Gasteiger partial charge >= 0.3 is 0 Å². The molecule has 0 radical (unpaired) electrons. The summed E-state index contributed by atoms with van der Waals surface area (Å²) in [5, 5.41) is 0. The molecule has 0 bridgehead atoms. The summed E-state index contributed by atoms with van der Waals surface area (Å²) in [6, 6.07) is 5.75. The van der Waals surface area contributed by atoms with Crippen LogP contribution >= 0.6 is 15.9 Å². The SMILES string of the molecule is CC.COC1CCC2(CC1)Oc1ccc(Br)cc1C2(N=C(C)N)C(C)=O. The summed E-state index contributed by atoms with van der Waals surface area (Å²) in [4.78, 5) is 17.6. The van der Waals surface area contributed by atoms with Crippen molar-refractivity contribution in [1.29, 1.82) is 0 Å². The van der Waals surface area contributed by atoms with Crippen LogP contribution in [-0.2, 0) is 15.1 Å². The Labute approximate surface area is 164 Å². The van der Waals surface area contributed by atoms with Gasteiger partial charge in [-0.25, -0.2) is 4.99 Å². The number of nitrogens with two attached hydrogens (primary N) is 1. The quantitative estimate of drug-likeness (QED) is 0.577. The van der Waals surface area contributed by atoms with Gasteiger partial charge in [0, 0.05) is 17.1 Å². The highest BCUT2D eigenvalue weighted by Gasteiger charge is 2.64. The van der Waals surface area contributed by atoms with Crippen LogP contribution in [0.4, 0.5) is 0 Å². The van der Waals surface area contributed by atoms with E-state index < -0.39 is 11.1 Å². The molecule has 3 rings (SSSR count). The monoisotopic (exact) mass is 424 g/mol.